The predicted octanol–water partition coefficient (Wildman–Crippen LogP) is 3.40. The third kappa shape index (κ3) is 3.54. The van der Waals surface area contributed by atoms with Crippen molar-refractivity contribution in [2.75, 3.05) is 13.1 Å². The molecule has 2 aliphatic rings. The Balaban J connectivity index is 1.45. The maximum atomic E-state index is 13.0. The zero-order valence-electron chi connectivity index (χ0n) is 16.4. The number of aromatic nitrogens is 4. The molecule has 2 fully saturated rings. The van der Waals surface area contributed by atoms with Crippen LogP contribution in [-0.4, -0.2) is 44.2 Å². The van der Waals surface area contributed by atoms with Crippen LogP contribution in [0.15, 0.2) is 39.6 Å². The second kappa shape index (κ2) is 7.09. The number of aryl methyl sites for hydroxylation is 1. The first-order valence-electron chi connectivity index (χ1n) is 10.1. The summed E-state index contributed by atoms with van der Waals surface area (Å²) in [6, 6.07) is 5.44. The predicted molar refractivity (Wildman–Crippen MR) is 103 cm³/mol. The normalized spacial score (nSPS) is 22.0. The van der Waals surface area contributed by atoms with Crippen LogP contribution in [0.3, 0.4) is 0 Å². The molecule has 4 heterocycles. The van der Waals surface area contributed by atoms with Crippen molar-refractivity contribution in [3.63, 3.8) is 0 Å². The third-order valence-corrected chi connectivity index (χ3v) is 5.90. The van der Waals surface area contributed by atoms with E-state index in [0.717, 1.165) is 24.8 Å². The summed E-state index contributed by atoms with van der Waals surface area (Å²) in [7, 11) is 0. The summed E-state index contributed by atoms with van der Waals surface area (Å²) in [6.45, 7) is 3.06. The van der Waals surface area contributed by atoms with Crippen molar-refractivity contribution in [1.82, 2.24) is 25.2 Å². The largest absolute Gasteiger partial charge is 0.361 e. The Hall–Kier alpha value is -3.03. The molecule has 1 aliphatic heterocycles. The van der Waals surface area contributed by atoms with Gasteiger partial charge in [-0.2, -0.15) is 4.98 Å². The van der Waals surface area contributed by atoms with Gasteiger partial charge in [-0.1, -0.05) is 23.2 Å². The lowest BCUT2D eigenvalue weighted by molar-refractivity contribution is 0.0597. The van der Waals surface area contributed by atoms with E-state index in [9.17, 15) is 4.79 Å². The van der Waals surface area contributed by atoms with E-state index in [0.29, 0.717) is 42.2 Å². The van der Waals surface area contributed by atoms with Crippen LogP contribution in [0.25, 0.3) is 11.5 Å². The number of pyridine rings is 1. The number of hydrogen-bond donors (Lipinski definition) is 0. The molecule has 1 saturated heterocycles. The Morgan fingerprint density at radius 3 is 2.93 bits per heavy atom. The van der Waals surface area contributed by atoms with Gasteiger partial charge >= 0.3 is 0 Å². The molecule has 29 heavy (non-hydrogen) atoms. The van der Waals surface area contributed by atoms with Gasteiger partial charge in [0.25, 0.3) is 11.8 Å². The highest BCUT2D eigenvalue weighted by Crippen LogP contribution is 2.46. The minimum Gasteiger partial charge on any atom is -0.361 e. The molecule has 1 saturated carbocycles. The highest BCUT2D eigenvalue weighted by molar-refractivity contribution is 5.92. The Morgan fingerprint density at radius 2 is 2.21 bits per heavy atom. The van der Waals surface area contributed by atoms with Gasteiger partial charge in [-0.3, -0.25) is 9.78 Å². The second-order valence-electron chi connectivity index (χ2n) is 8.25. The van der Waals surface area contributed by atoms with Gasteiger partial charge in [0.05, 0.1) is 11.0 Å². The fourth-order valence-corrected chi connectivity index (χ4v) is 4.29. The summed E-state index contributed by atoms with van der Waals surface area (Å²) >= 11 is 0. The van der Waals surface area contributed by atoms with Crippen molar-refractivity contribution in [3.05, 3.63) is 47.9 Å². The third-order valence-electron chi connectivity index (χ3n) is 5.90. The monoisotopic (exact) mass is 393 g/mol. The standard InChI is InChI=1S/C21H23N5O3/c1-14-10-17(24-28-14)19(27)26-9-3-7-21(13-26,11-15-5-6-15)20-23-18(29-25-20)16-4-2-8-22-12-16/h2,4,8,10,12,15H,3,5-7,9,11,13H2,1H3. The van der Waals surface area contributed by atoms with Gasteiger partial charge in [0, 0.05) is 31.5 Å². The van der Waals surface area contributed by atoms with Crippen LogP contribution in [0.5, 0.6) is 0 Å². The molecule has 0 spiro atoms. The van der Waals surface area contributed by atoms with Gasteiger partial charge in [0.1, 0.15) is 5.76 Å². The second-order valence-corrected chi connectivity index (χ2v) is 8.25. The van der Waals surface area contributed by atoms with Gasteiger partial charge in [0.15, 0.2) is 11.5 Å². The molecule has 1 atom stereocenters. The van der Waals surface area contributed by atoms with Crippen LogP contribution in [0.2, 0.25) is 0 Å². The van der Waals surface area contributed by atoms with Crippen LogP contribution in [0, 0.1) is 12.8 Å². The van der Waals surface area contributed by atoms with Gasteiger partial charge in [-0.05, 0) is 44.2 Å². The first-order valence-corrected chi connectivity index (χ1v) is 10.1. The molecule has 3 aromatic rings. The van der Waals surface area contributed by atoms with Crippen molar-refractivity contribution in [2.45, 2.75) is 44.4 Å². The fourth-order valence-electron chi connectivity index (χ4n) is 4.29. The molecule has 150 valence electrons. The first kappa shape index (κ1) is 18.0. The van der Waals surface area contributed by atoms with Crippen molar-refractivity contribution in [1.29, 1.82) is 0 Å². The molecule has 0 aromatic carbocycles. The fraction of sp³-hybridized carbons (Fsp3) is 0.476. The van der Waals surface area contributed by atoms with Crippen molar-refractivity contribution < 1.29 is 13.8 Å². The van der Waals surface area contributed by atoms with Crippen molar-refractivity contribution >= 4 is 5.91 Å². The Kier molecular flexibility index (Phi) is 4.41. The van der Waals surface area contributed by atoms with E-state index < -0.39 is 0 Å². The topological polar surface area (TPSA) is 98.2 Å². The molecule has 0 bridgehead atoms. The molecule has 0 radical (unpaired) electrons. The molecule has 8 heteroatoms. The van der Waals surface area contributed by atoms with E-state index in [1.807, 2.05) is 17.0 Å². The number of likely N-dealkylation sites (tertiary alicyclic amines) is 1. The smallest absolute Gasteiger partial charge is 0.276 e. The summed E-state index contributed by atoms with van der Waals surface area (Å²) in [5.41, 5.74) is 0.862. The van der Waals surface area contributed by atoms with Crippen LogP contribution >= 0.6 is 0 Å². The maximum Gasteiger partial charge on any atom is 0.276 e. The zero-order chi connectivity index (χ0) is 19.8. The summed E-state index contributed by atoms with van der Waals surface area (Å²) in [4.78, 5) is 23.7. The van der Waals surface area contributed by atoms with E-state index in [-0.39, 0.29) is 11.3 Å². The van der Waals surface area contributed by atoms with Gasteiger partial charge < -0.3 is 13.9 Å². The van der Waals surface area contributed by atoms with E-state index >= 15 is 0 Å². The van der Waals surface area contributed by atoms with Gasteiger partial charge in [-0.15, -0.1) is 0 Å². The maximum absolute atomic E-state index is 13.0. The number of hydrogen-bond acceptors (Lipinski definition) is 7. The summed E-state index contributed by atoms with van der Waals surface area (Å²) in [5.74, 6) is 2.36. The van der Waals surface area contributed by atoms with Crippen LogP contribution < -0.4 is 0 Å². The number of carbonyl (C=O) groups excluding carboxylic acids is 1. The van der Waals surface area contributed by atoms with Gasteiger partial charge in [-0.25, -0.2) is 0 Å². The Morgan fingerprint density at radius 1 is 1.31 bits per heavy atom. The van der Waals surface area contributed by atoms with E-state index in [1.165, 1.54) is 12.8 Å². The number of carbonyl (C=O) groups is 1. The van der Waals surface area contributed by atoms with E-state index in [4.69, 9.17) is 14.0 Å². The minimum absolute atomic E-state index is 0.0994. The first-order chi connectivity index (χ1) is 14.1. The summed E-state index contributed by atoms with van der Waals surface area (Å²) < 4.78 is 10.7. The lowest BCUT2D eigenvalue weighted by atomic mass is 9.74. The van der Waals surface area contributed by atoms with Gasteiger partial charge in [0.2, 0.25) is 0 Å². The highest BCUT2D eigenvalue weighted by atomic mass is 16.5. The molecule has 3 aromatic heterocycles. The average Bonchev–Trinajstić information content (AvgIpc) is 3.23. The zero-order valence-corrected chi connectivity index (χ0v) is 16.4. The average molecular weight is 393 g/mol. The molecule has 8 nitrogen and oxygen atoms in total. The molecular weight excluding hydrogens is 370 g/mol. The molecule has 1 amide bonds. The van der Waals surface area contributed by atoms with E-state index in [1.54, 1.807) is 25.4 Å². The van der Waals surface area contributed by atoms with Crippen molar-refractivity contribution in [2.24, 2.45) is 5.92 Å². The SMILES string of the molecule is Cc1cc(C(=O)N2CCCC(CC3CC3)(c3noc(-c4cccnc4)n3)C2)no1. The molecular formula is C21H23N5O3. The van der Waals surface area contributed by atoms with Crippen LogP contribution in [-0.2, 0) is 5.41 Å². The van der Waals surface area contributed by atoms with Crippen LogP contribution in [0.1, 0.15) is 54.2 Å². The molecule has 1 aliphatic carbocycles. The number of nitrogens with zero attached hydrogens (tertiary/aromatic N) is 5. The molecule has 5 rings (SSSR count). The number of amides is 1. The minimum atomic E-state index is -0.294. The number of rotatable bonds is 5. The molecule has 1 unspecified atom stereocenters. The number of piperidine rings is 1. The summed E-state index contributed by atoms with van der Waals surface area (Å²) in [5, 5.41) is 8.26. The Labute approximate surface area is 168 Å². The lowest BCUT2D eigenvalue weighted by Gasteiger charge is -2.40. The summed E-state index contributed by atoms with van der Waals surface area (Å²) in [6.07, 6.45) is 8.70. The van der Waals surface area contributed by atoms with E-state index in [2.05, 4.69) is 15.3 Å². The molecule has 0 N–H and O–H groups in total. The quantitative estimate of drug-likeness (QED) is 0.655. The van der Waals surface area contributed by atoms with Crippen molar-refractivity contribution in [3.8, 4) is 11.5 Å². The van der Waals surface area contributed by atoms with Crippen LogP contribution in [0.4, 0.5) is 0 Å². The Bertz CT molecular complexity index is 1010. The lowest BCUT2D eigenvalue weighted by Crippen LogP contribution is -2.49. The highest BCUT2D eigenvalue weighted by Gasteiger charge is 2.46.